The van der Waals surface area contributed by atoms with Gasteiger partial charge in [0.25, 0.3) is 7.37 Å². The Bertz CT molecular complexity index is 689. The minimum atomic E-state index is -3.01. The molecule has 3 rings (SSSR count). The van der Waals surface area contributed by atoms with Crippen LogP contribution in [0.15, 0.2) is 72.3 Å². The highest BCUT2D eigenvalue weighted by Gasteiger charge is 2.27. The molecule has 2 aromatic rings. The molecule has 0 radical (unpaired) electrons. The maximum Gasteiger partial charge on any atom is 0.254 e. The molecule has 0 aliphatic carbocycles. The third-order valence-electron chi connectivity index (χ3n) is 3.26. The summed E-state index contributed by atoms with van der Waals surface area (Å²) in [7, 11) is -3.01. The van der Waals surface area contributed by atoms with Gasteiger partial charge in [-0.3, -0.25) is 4.57 Å². The van der Waals surface area contributed by atoms with E-state index in [1.54, 1.807) is 11.6 Å². The van der Waals surface area contributed by atoms with Crippen LogP contribution in [0, 0.1) is 0 Å². The summed E-state index contributed by atoms with van der Waals surface area (Å²) in [6.45, 7) is 2.22. The van der Waals surface area contributed by atoms with Crippen LogP contribution in [-0.2, 0) is 13.8 Å². The van der Waals surface area contributed by atoms with Gasteiger partial charge in [-0.25, -0.2) is 0 Å². The molecule has 0 unspecified atom stereocenters. The number of hydrogen-bond acceptors (Lipinski definition) is 3. The Hall–Kier alpha value is -2.09. The molecule has 0 amide bonds. The van der Waals surface area contributed by atoms with Crippen LogP contribution >= 0.6 is 7.37 Å². The topological polar surface area (TPSA) is 35.5 Å². The average molecular weight is 312 g/mol. The highest BCUT2D eigenvalue weighted by atomic mass is 31.2. The summed E-state index contributed by atoms with van der Waals surface area (Å²) < 4.78 is 24.4. The summed E-state index contributed by atoms with van der Waals surface area (Å²) in [6.07, 6.45) is 0. The Morgan fingerprint density at radius 3 is 1.73 bits per heavy atom. The Kier molecular flexibility index (Phi) is 4.28. The molecule has 0 bridgehead atoms. The second kappa shape index (κ2) is 6.35. The zero-order valence-corrected chi connectivity index (χ0v) is 13.2. The SMILES string of the molecule is CCOP1(=O)C=C(c2ccccc2)OC(c2ccccc2)=C1. The van der Waals surface area contributed by atoms with Crippen molar-refractivity contribution < 1.29 is 13.8 Å². The molecule has 0 fully saturated rings. The molecule has 3 nitrogen and oxygen atoms in total. The average Bonchev–Trinajstić information content (AvgIpc) is 2.56. The van der Waals surface area contributed by atoms with Crippen molar-refractivity contribution in [1.82, 2.24) is 0 Å². The molecule has 22 heavy (non-hydrogen) atoms. The van der Waals surface area contributed by atoms with Crippen LogP contribution in [0.2, 0.25) is 0 Å². The quantitative estimate of drug-likeness (QED) is 0.716. The van der Waals surface area contributed by atoms with E-state index in [-0.39, 0.29) is 0 Å². The fourth-order valence-corrected chi connectivity index (χ4v) is 3.97. The van der Waals surface area contributed by atoms with Crippen LogP contribution in [0.4, 0.5) is 0 Å². The van der Waals surface area contributed by atoms with E-state index in [1.165, 1.54) is 0 Å². The van der Waals surface area contributed by atoms with Crippen LogP contribution in [0.1, 0.15) is 18.1 Å². The largest absolute Gasteiger partial charge is 0.456 e. The lowest BCUT2D eigenvalue weighted by molar-refractivity contribution is 0.343. The first-order valence-electron chi connectivity index (χ1n) is 7.18. The highest BCUT2D eigenvalue weighted by molar-refractivity contribution is 7.66. The molecular weight excluding hydrogens is 295 g/mol. The summed E-state index contributed by atoms with van der Waals surface area (Å²) in [5, 5.41) is 0. The van der Waals surface area contributed by atoms with Gasteiger partial charge in [0.2, 0.25) is 0 Å². The first-order valence-corrected chi connectivity index (χ1v) is 8.95. The van der Waals surface area contributed by atoms with E-state index in [0.29, 0.717) is 18.1 Å². The normalized spacial score (nSPS) is 16.4. The van der Waals surface area contributed by atoms with Crippen molar-refractivity contribution in [3.8, 4) is 0 Å². The Morgan fingerprint density at radius 2 is 1.32 bits per heavy atom. The van der Waals surface area contributed by atoms with Crippen LogP contribution < -0.4 is 0 Å². The highest BCUT2D eigenvalue weighted by Crippen LogP contribution is 2.57. The van der Waals surface area contributed by atoms with Crippen molar-refractivity contribution in [3.05, 3.63) is 83.4 Å². The molecule has 0 saturated carbocycles. The van der Waals surface area contributed by atoms with Crippen molar-refractivity contribution >= 4 is 18.9 Å². The fraction of sp³-hybridized carbons (Fsp3) is 0.111. The third kappa shape index (κ3) is 3.22. The van der Waals surface area contributed by atoms with Gasteiger partial charge in [-0.05, 0) is 6.92 Å². The van der Waals surface area contributed by atoms with Crippen LogP contribution in [-0.4, -0.2) is 6.61 Å². The first-order chi connectivity index (χ1) is 10.7. The lowest BCUT2D eigenvalue weighted by Crippen LogP contribution is -2.00. The van der Waals surface area contributed by atoms with Crippen LogP contribution in [0.25, 0.3) is 11.5 Å². The number of ether oxygens (including phenoxy) is 1. The summed E-state index contributed by atoms with van der Waals surface area (Å²) in [5.74, 6) is 4.33. The fourth-order valence-electron chi connectivity index (χ4n) is 2.28. The van der Waals surface area contributed by atoms with Crippen LogP contribution in [0.3, 0.4) is 0 Å². The first kappa shape index (κ1) is 14.8. The van der Waals surface area contributed by atoms with Gasteiger partial charge in [-0.1, -0.05) is 60.7 Å². The molecule has 1 heterocycles. The summed E-state index contributed by atoms with van der Waals surface area (Å²) in [5.41, 5.74) is 1.76. The summed E-state index contributed by atoms with van der Waals surface area (Å²) in [6, 6.07) is 19.3. The minimum Gasteiger partial charge on any atom is -0.456 e. The van der Waals surface area contributed by atoms with E-state index in [0.717, 1.165) is 11.1 Å². The molecule has 0 saturated heterocycles. The van der Waals surface area contributed by atoms with Gasteiger partial charge in [0.05, 0.1) is 6.61 Å². The van der Waals surface area contributed by atoms with Gasteiger partial charge >= 0.3 is 0 Å². The number of hydrogen-bond donors (Lipinski definition) is 0. The third-order valence-corrected chi connectivity index (χ3v) is 5.11. The maximum atomic E-state index is 12.9. The zero-order chi connectivity index (χ0) is 15.4. The smallest absolute Gasteiger partial charge is 0.254 e. The van der Waals surface area contributed by atoms with Crippen molar-refractivity contribution in [3.63, 3.8) is 0 Å². The van der Waals surface area contributed by atoms with E-state index < -0.39 is 7.37 Å². The van der Waals surface area contributed by atoms with Crippen molar-refractivity contribution in [2.24, 2.45) is 0 Å². The predicted molar refractivity (Wildman–Crippen MR) is 89.2 cm³/mol. The van der Waals surface area contributed by atoms with E-state index in [9.17, 15) is 4.57 Å². The van der Waals surface area contributed by atoms with E-state index in [2.05, 4.69) is 0 Å². The molecule has 0 N–H and O–H groups in total. The second-order valence-electron chi connectivity index (χ2n) is 4.88. The Morgan fingerprint density at radius 1 is 0.864 bits per heavy atom. The van der Waals surface area contributed by atoms with Crippen molar-refractivity contribution in [2.45, 2.75) is 6.92 Å². The minimum absolute atomic E-state index is 0.383. The van der Waals surface area contributed by atoms with Crippen LogP contribution in [0.5, 0.6) is 0 Å². The molecule has 112 valence electrons. The maximum absolute atomic E-state index is 12.9. The Balaban J connectivity index is 2.04. The molecular formula is C18H17O3P. The standard InChI is InChI=1S/C18H17O3P/c1-2-20-22(19)13-17(15-9-5-3-6-10-15)21-18(14-22)16-11-7-4-8-12-16/h3-14H,2H2,1H3. The predicted octanol–water partition coefficient (Wildman–Crippen LogP) is 5.33. The Labute approximate surface area is 130 Å². The monoisotopic (exact) mass is 312 g/mol. The lowest BCUT2D eigenvalue weighted by Gasteiger charge is -2.22. The van der Waals surface area contributed by atoms with E-state index >= 15 is 0 Å². The van der Waals surface area contributed by atoms with Crippen molar-refractivity contribution in [2.75, 3.05) is 6.61 Å². The summed E-state index contributed by atoms with van der Waals surface area (Å²) in [4.78, 5) is 0. The summed E-state index contributed by atoms with van der Waals surface area (Å²) >= 11 is 0. The van der Waals surface area contributed by atoms with E-state index in [4.69, 9.17) is 9.26 Å². The van der Waals surface area contributed by atoms with Gasteiger partial charge in [-0.2, -0.15) is 0 Å². The lowest BCUT2D eigenvalue weighted by atomic mass is 10.2. The molecule has 1 aliphatic heterocycles. The zero-order valence-electron chi connectivity index (χ0n) is 12.3. The molecule has 2 aromatic carbocycles. The van der Waals surface area contributed by atoms with Gasteiger partial charge in [0.15, 0.2) is 0 Å². The van der Waals surface area contributed by atoms with Gasteiger partial charge in [0, 0.05) is 22.8 Å². The van der Waals surface area contributed by atoms with E-state index in [1.807, 2.05) is 67.6 Å². The molecule has 0 aromatic heterocycles. The molecule has 0 atom stereocenters. The molecule has 0 spiro atoms. The van der Waals surface area contributed by atoms with Gasteiger partial charge < -0.3 is 9.26 Å². The van der Waals surface area contributed by atoms with Crippen molar-refractivity contribution in [1.29, 1.82) is 0 Å². The number of benzene rings is 2. The number of rotatable bonds is 4. The molecule has 1 aliphatic rings. The van der Waals surface area contributed by atoms with Gasteiger partial charge in [-0.15, -0.1) is 0 Å². The molecule has 4 heteroatoms. The second-order valence-corrected chi connectivity index (χ2v) is 6.95. The van der Waals surface area contributed by atoms with Gasteiger partial charge in [0.1, 0.15) is 11.5 Å².